The van der Waals surface area contributed by atoms with Crippen molar-refractivity contribution in [2.75, 3.05) is 11.9 Å². The molecule has 25 heavy (non-hydrogen) atoms. The molecule has 130 valence electrons. The number of carbonyl (C=O) groups is 3. The van der Waals surface area contributed by atoms with E-state index in [4.69, 9.17) is 0 Å². The standard InChI is InChI=1S/C17H18N4O3S/c1-2-12-19-20-17(25-12)18-11(22)6-21-15(23)13-7-3-4-8(10-5-9(7)10)14(13)16(21)24/h3-4,7-10,13-14H,2,5-6H2,1H3,(H,18,20,22)/t7-,8+,9-,10-,13+,14+/m1/s1. The van der Waals surface area contributed by atoms with Crippen LogP contribution in [0.25, 0.3) is 0 Å². The van der Waals surface area contributed by atoms with Crippen LogP contribution in [0, 0.1) is 35.5 Å². The molecule has 1 aromatic heterocycles. The first-order valence-corrected chi connectivity index (χ1v) is 9.56. The average Bonchev–Trinajstić information content (AvgIpc) is 3.27. The van der Waals surface area contributed by atoms with Crippen molar-refractivity contribution in [1.29, 1.82) is 0 Å². The van der Waals surface area contributed by atoms with Crippen LogP contribution in [0.4, 0.5) is 5.13 Å². The van der Waals surface area contributed by atoms with Crippen molar-refractivity contribution in [2.24, 2.45) is 35.5 Å². The summed E-state index contributed by atoms with van der Waals surface area (Å²) in [5.74, 6) is 0.220. The molecule has 7 nitrogen and oxygen atoms in total. The molecular weight excluding hydrogens is 340 g/mol. The van der Waals surface area contributed by atoms with Crippen LogP contribution in [-0.4, -0.2) is 39.4 Å². The molecule has 0 unspecified atom stereocenters. The summed E-state index contributed by atoms with van der Waals surface area (Å²) >= 11 is 1.31. The van der Waals surface area contributed by atoms with E-state index in [1.807, 2.05) is 6.92 Å². The van der Waals surface area contributed by atoms with Crippen LogP contribution in [0.2, 0.25) is 0 Å². The fourth-order valence-corrected chi connectivity index (χ4v) is 5.62. The summed E-state index contributed by atoms with van der Waals surface area (Å²) in [6.45, 7) is 1.72. The van der Waals surface area contributed by atoms with Crippen LogP contribution in [0.5, 0.6) is 0 Å². The number of likely N-dealkylation sites (tertiary alicyclic amines) is 1. The van der Waals surface area contributed by atoms with E-state index in [-0.39, 0.29) is 42.0 Å². The second kappa shape index (κ2) is 5.20. The van der Waals surface area contributed by atoms with Crippen molar-refractivity contribution in [1.82, 2.24) is 15.1 Å². The third-order valence-electron chi connectivity index (χ3n) is 6.07. The van der Waals surface area contributed by atoms with Gasteiger partial charge in [0, 0.05) is 0 Å². The summed E-state index contributed by atoms with van der Waals surface area (Å²) in [4.78, 5) is 39.1. The van der Waals surface area contributed by atoms with Crippen molar-refractivity contribution in [3.8, 4) is 0 Å². The zero-order valence-electron chi connectivity index (χ0n) is 13.7. The Bertz CT molecular complexity index is 783. The zero-order chi connectivity index (χ0) is 17.3. The Morgan fingerprint density at radius 3 is 2.40 bits per heavy atom. The van der Waals surface area contributed by atoms with Crippen LogP contribution in [0.15, 0.2) is 12.2 Å². The van der Waals surface area contributed by atoms with E-state index in [0.717, 1.165) is 22.7 Å². The third kappa shape index (κ3) is 2.13. The minimum absolute atomic E-state index is 0.179. The number of anilines is 1. The van der Waals surface area contributed by atoms with Crippen molar-refractivity contribution < 1.29 is 14.4 Å². The zero-order valence-corrected chi connectivity index (χ0v) is 14.5. The molecule has 0 radical (unpaired) electrons. The van der Waals surface area contributed by atoms with Crippen LogP contribution in [0.3, 0.4) is 0 Å². The predicted octanol–water partition coefficient (Wildman–Crippen LogP) is 1.09. The number of hydrogen-bond acceptors (Lipinski definition) is 6. The monoisotopic (exact) mass is 358 g/mol. The molecule has 2 bridgehead atoms. The molecule has 1 aliphatic heterocycles. The Kier molecular flexibility index (Phi) is 3.16. The molecule has 6 rings (SSSR count). The summed E-state index contributed by atoms with van der Waals surface area (Å²) in [6, 6.07) is 0. The van der Waals surface area contributed by atoms with Gasteiger partial charge in [0.25, 0.3) is 0 Å². The lowest BCUT2D eigenvalue weighted by molar-refractivity contribution is -0.142. The summed E-state index contributed by atoms with van der Waals surface area (Å²) in [5, 5.41) is 11.7. The number of aromatic nitrogens is 2. The first-order valence-electron chi connectivity index (χ1n) is 8.74. The fraction of sp³-hybridized carbons (Fsp3) is 0.588. The van der Waals surface area contributed by atoms with Gasteiger partial charge >= 0.3 is 0 Å². The smallest absolute Gasteiger partial charge is 0.246 e. The molecule has 6 atom stereocenters. The van der Waals surface area contributed by atoms with Crippen LogP contribution in [0.1, 0.15) is 18.4 Å². The Morgan fingerprint density at radius 2 is 1.84 bits per heavy atom. The van der Waals surface area contributed by atoms with E-state index >= 15 is 0 Å². The van der Waals surface area contributed by atoms with Gasteiger partial charge in [-0.15, -0.1) is 10.2 Å². The Hall–Kier alpha value is -2.09. The summed E-state index contributed by atoms with van der Waals surface area (Å²) in [5.41, 5.74) is 0. The number of allylic oxidation sites excluding steroid dienone is 2. The molecule has 1 aromatic rings. The van der Waals surface area contributed by atoms with Gasteiger partial charge in [-0.25, -0.2) is 0 Å². The number of hydrogen-bond donors (Lipinski definition) is 1. The Balaban J connectivity index is 1.31. The molecule has 2 heterocycles. The molecule has 3 amide bonds. The predicted molar refractivity (Wildman–Crippen MR) is 89.3 cm³/mol. The second-order valence-electron chi connectivity index (χ2n) is 7.32. The Labute approximate surface area is 148 Å². The van der Waals surface area contributed by atoms with Crippen molar-refractivity contribution in [2.45, 2.75) is 19.8 Å². The van der Waals surface area contributed by atoms with Crippen LogP contribution >= 0.6 is 11.3 Å². The number of imide groups is 1. The minimum atomic E-state index is -0.399. The number of carbonyl (C=O) groups excluding carboxylic acids is 3. The van der Waals surface area contributed by atoms with Gasteiger partial charge in [-0.1, -0.05) is 30.4 Å². The number of aryl methyl sites for hydroxylation is 1. The normalized spacial score (nSPS) is 37.2. The topological polar surface area (TPSA) is 92.3 Å². The highest BCUT2D eigenvalue weighted by atomic mass is 32.1. The van der Waals surface area contributed by atoms with Gasteiger partial charge in [0.15, 0.2) is 0 Å². The number of nitrogens with zero attached hydrogens (tertiary/aromatic N) is 3. The van der Waals surface area contributed by atoms with E-state index in [1.54, 1.807) is 0 Å². The summed E-state index contributed by atoms with van der Waals surface area (Å²) < 4.78 is 0. The quantitative estimate of drug-likeness (QED) is 0.643. The summed E-state index contributed by atoms with van der Waals surface area (Å²) in [6.07, 6.45) is 6.13. The number of rotatable bonds is 4. The molecule has 0 aromatic carbocycles. The molecule has 4 aliphatic carbocycles. The number of amides is 3. The van der Waals surface area contributed by atoms with E-state index in [9.17, 15) is 14.4 Å². The lowest BCUT2D eigenvalue weighted by Gasteiger charge is -2.37. The van der Waals surface area contributed by atoms with Crippen LogP contribution in [-0.2, 0) is 20.8 Å². The first kappa shape index (κ1) is 15.2. The van der Waals surface area contributed by atoms with Gasteiger partial charge in [-0.2, -0.15) is 0 Å². The van der Waals surface area contributed by atoms with Crippen molar-refractivity contribution in [3.63, 3.8) is 0 Å². The molecule has 8 heteroatoms. The fourth-order valence-electron chi connectivity index (χ4n) is 4.92. The van der Waals surface area contributed by atoms with Gasteiger partial charge in [-0.3, -0.25) is 24.6 Å². The average molecular weight is 358 g/mol. The molecule has 1 saturated heterocycles. The maximum Gasteiger partial charge on any atom is 0.246 e. The maximum absolute atomic E-state index is 12.8. The highest BCUT2D eigenvalue weighted by molar-refractivity contribution is 7.15. The Morgan fingerprint density at radius 1 is 1.20 bits per heavy atom. The highest BCUT2D eigenvalue weighted by Gasteiger charge is 2.67. The molecule has 1 N–H and O–H groups in total. The molecule has 3 fully saturated rings. The van der Waals surface area contributed by atoms with Gasteiger partial charge in [0.05, 0.1) is 11.8 Å². The molecule has 5 aliphatic rings. The van der Waals surface area contributed by atoms with E-state index in [2.05, 4.69) is 27.7 Å². The minimum Gasteiger partial charge on any atom is -0.299 e. The molecule has 0 spiro atoms. The van der Waals surface area contributed by atoms with Crippen LogP contribution < -0.4 is 5.32 Å². The second-order valence-corrected chi connectivity index (χ2v) is 8.38. The van der Waals surface area contributed by atoms with E-state index in [0.29, 0.717) is 17.0 Å². The largest absolute Gasteiger partial charge is 0.299 e. The number of nitrogens with one attached hydrogen (secondary N) is 1. The van der Waals surface area contributed by atoms with Gasteiger partial charge in [0.1, 0.15) is 11.6 Å². The van der Waals surface area contributed by atoms with Crippen molar-refractivity contribution in [3.05, 3.63) is 17.2 Å². The highest BCUT2D eigenvalue weighted by Crippen LogP contribution is 2.65. The van der Waals surface area contributed by atoms with Gasteiger partial charge < -0.3 is 0 Å². The third-order valence-corrected chi connectivity index (χ3v) is 7.05. The van der Waals surface area contributed by atoms with E-state index in [1.165, 1.54) is 11.3 Å². The first-order chi connectivity index (χ1) is 12.1. The van der Waals surface area contributed by atoms with Gasteiger partial charge in [0.2, 0.25) is 22.9 Å². The van der Waals surface area contributed by atoms with Crippen molar-refractivity contribution >= 4 is 34.2 Å². The van der Waals surface area contributed by atoms with E-state index < -0.39 is 5.91 Å². The summed E-state index contributed by atoms with van der Waals surface area (Å²) in [7, 11) is 0. The lowest BCUT2D eigenvalue weighted by Crippen LogP contribution is -2.40. The lowest BCUT2D eigenvalue weighted by atomic mass is 9.63. The van der Waals surface area contributed by atoms with Gasteiger partial charge in [-0.05, 0) is 36.5 Å². The SMILES string of the molecule is CCc1nnc(NC(=O)CN2C(=O)[C@H]3[C@@H]4C=C[C@@H]([C@H]5C[C@H]45)[C@@H]3C2=O)s1. The molecule has 2 saturated carbocycles. The maximum atomic E-state index is 12.8. The molecular formula is C17H18N4O3S.